The highest BCUT2D eigenvalue weighted by atomic mass is 16.5. The van der Waals surface area contributed by atoms with E-state index in [0.29, 0.717) is 19.4 Å². The first-order valence-corrected chi connectivity index (χ1v) is 12.2. The molecule has 1 aliphatic heterocycles. The van der Waals surface area contributed by atoms with Crippen molar-refractivity contribution >= 4 is 17.7 Å². The number of hydrogen-bond donors (Lipinski definition) is 3. The molecule has 1 unspecified atom stereocenters. The Morgan fingerprint density at radius 3 is 2.85 bits per heavy atom. The molecular formula is C26H34N4O4. The number of pyridine rings is 2. The number of carbonyl (C=O) groups excluding carboxylic acids is 1. The molecule has 0 radical (unpaired) electrons. The molecule has 0 aromatic carbocycles. The number of rotatable bonds is 12. The number of carboxylic acids is 1. The highest BCUT2D eigenvalue weighted by molar-refractivity contribution is 5.94. The zero-order valence-electron chi connectivity index (χ0n) is 19.8. The Bertz CT molecular complexity index is 1020. The average molecular weight is 467 g/mol. The van der Waals surface area contributed by atoms with Gasteiger partial charge in [0.05, 0.1) is 5.41 Å². The van der Waals surface area contributed by atoms with Gasteiger partial charge < -0.3 is 20.5 Å². The summed E-state index contributed by atoms with van der Waals surface area (Å²) in [5.41, 5.74) is 3.62. The van der Waals surface area contributed by atoms with Crippen LogP contribution in [0.2, 0.25) is 0 Å². The standard InChI is InChI=1S/C26H34N4O4/c1-18-9-14-27-17-21(18)26(11-12-26)25(33)30-22(24(31)32)10-16-34-15-3-2-6-20-8-7-19-5-4-13-28-23(19)29-20/h7-9,14,17,22H,2-6,10-13,15-16H2,1H3,(H,28,29)(H,30,33)(H,31,32). The number of unbranched alkanes of at least 4 members (excludes halogenated alkanes) is 1. The van der Waals surface area contributed by atoms with Crippen molar-refractivity contribution in [3.8, 4) is 0 Å². The summed E-state index contributed by atoms with van der Waals surface area (Å²) in [6.07, 6.45) is 10.0. The number of carboxylic acid groups (broad SMARTS) is 1. The topological polar surface area (TPSA) is 113 Å². The molecule has 182 valence electrons. The largest absolute Gasteiger partial charge is 0.480 e. The van der Waals surface area contributed by atoms with Gasteiger partial charge in [-0.1, -0.05) is 6.07 Å². The number of anilines is 1. The minimum absolute atomic E-state index is 0.233. The minimum atomic E-state index is -1.04. The SMILES string of the molecule is Cc1ccncc1C1(C(=O)NC(CCOCCCCc2ccc3c(n2)NCCC3)C(=O)O)CC1. The number of aliphatic carboxylic acids is 1. The zero-order valence-corrected chi connectivity index (χ0v) is 19.8. The van der Waals surface area contributed by atoms with Gasteiger partial charge in [0.2, 0.25) is 5.91 Å². The van der Waals surface area contributed by atoms with E-state index in [1.54, 1.807) is 12.4 Å². The second-order valence-electron chi connectivity index (χ2n) is 9.34. The van der Waals surface area contributed by atoms with Crippen LogP contribution >= 0.6 is 0 Å². The molecule has 0 saturated heterocycles. The van der Waals surface area contributed by atoms with Crippen LogP contribution in [0.1, 0.15) is 60.9 Å². The summed E-state index contributed by atoms with van der Waals surface area (Å²) >= 11 is 0. The van der Waals surface area contributed by atoms with Crippen molar-refractivity contribution in [1.82, 2.24) is 15.3 Å². The van der Waals surface area contributed by atoms with E-state index >= 15 is 0 Å². The van der Waals surface area contributed by atoms with E-state index in [4.69, 9.17) is 9.72 Å². The van der Waals surface area contributed by atoms with Crippen LogP contribution in [0.25, 0.3) is 0 Å². The predicted octanol–water partition coefficient (Wildman–Crippen LogP) is 3.17. The molecule has 8 nitrogen and oxygen atoms in total. The molecule has 3 heterocycles. The van der Waals surface area contributed by atoms with E-state index in [0.717, 1.165) is 61.3 Å². The van der Waals surface area contributed by atoms with Gasteiger partial charge in [-0.15, -0.1) is 0 Å². The first kappa shape index (κ1) is 24.1. The Hall–Kier alpha value is -3.00. The van der Waals surface area contributed by atoms with Gasteiger partial charge in [0, 0.05) is 44.3 Å². The van der Waals surface area contributed by atoms with E-state index in [1.165, 1.54) is 5.56 Å². The molecule has 2 aromatic heterocycles. The monoisotopic (exact) mass is 466 g/mol. The lowest BCUT2D eigenvalue weighted by Gasteiger charge is -2.21. The van der Waals surface area contributed by atoms with Crippen LogP contribution in [0.3, 0.4) is 0 Å². The van der Waals surface area contributed by atoms with Gasteiger partial charge in [0.25, 0.3) is 0 Å². The summed E-state index contributed by atoms with van der Waals surface area (Å²) in [6, 6.07) is 5.19. The van der Waals surface area contributed by atoms with Crippen LogP contribution in [0.5, 0.6) is 0 Å². The molecule has 1 saturated carbocycles. The summed E-state index contributed by atoms with van der Waals surface area (Å²) in [5.74, 6) is -0.251. The van der Waals surface area contributed by atoms with Gasteiger partial charge in [-0.25, -0.2) is 9.78 Å². The van der Waals surface area contributed by atoms with Gasteiger partial charge >= 0.3 is 5.97 Å². The van der Waals surface area contributed by atoms with Gasteiger partial charge in [-0.05, 0) is 80.7 Å². The van der Waals surface area contributed by atoms with Crippen LogP contribution in [0.4, 0.5) is 5.82 Å². The summed E-state index contributed by atoms with van der Waals surface area (Å²) in [7, 11) is 0. The Kier molecular flexibility index (Phi) is 7.77. The van der Waals surface area contributed by atoms with Crippen molar-refractivity contribution in [2.75, 3.05) is 25.1 Å². The van der Waals surface area contributed by atoms with Crippen molar-refractivity contribution in [1.29, 1.82) is 0 Å². The van der Waals surface area contributed by atoms with Crippen molar-refractivity contribution in [2.24, 2.45) is 0 Å². The smallest absolute Gasteiger partial charge is 0.326 e. The third-order valence-corrected chi connectivity index (χ3v) is 6.82. The van der Waals surface area contributed by atoms with Crippen LogP contribution in [0.15, 0.2) is 30.6 Å². The number of aromatic nitrogens is 2. The fourth-order valence-electron chi connectivity index (χ4n) is 4.58. The molecule has 34 heavy (non-hydrogen) atoms. The Labute approximate surface area is 200 Å². The molecule has 1 amide bonds. The van der Waals surface area contributed by atoms with E-state index < -0.39 is 17.4 Å². The summed E-state index contributed by atoms with van der Waals surface area (Å²) in [6.45, 7) is 3.78. The zero-order chi connectivity index (χ0) is 24.0. The molecule has 2 aliphatic rings. The lowest BCUT2D eigenvalue weighted by Crippen LogP contribution is -2.46. The van der Waals surface area contributed by atoms with Crippen LogP contribution < -0.4 is 10.6 Å². The molecular weight excluding hydrogens is 432 g/mol. The van der Waals surface area contributed by atoms with Crippen LogP contribution in [-0.2, 0) is 32.6 Å². The van der Waals surface area contributed by atoms with Crippen molar-refractivity contribution in [2.45, 2.75) is 69.7 Å². The molecule has 0 bridgehead atoms. The van der Waals surface area contributed by atoms with Crippen LogP contribution in [0, 0.1) is 6.92 Å². The molecule has 1 atom stereocenters. The first-order valence-electron chi connectivity index (χ1n) is 12.2. The second-order valence-corrected chi connectivity index (χ2v) is 9.34. The number of nitrogens with zero attached hydrogens (tertiary/aromatic N) is 2. The van der Waals surface area contributed by atoms with Gasteiger partial charge in [0.15, 0.2) is 0 Å². The second kappa shape index (κ2) is 11.0. The predicted molar refractivity (Wildman–Crippen MR) is 129 cm³/mol. The quantitative estimate of drug-likeness (QED) is 0.412. The normalized spacial score (nSPS) is 16.7. The van der Waals surface area contributed by atoms with E-state index in [9.17, 15) is 14.7 Å². The van der Waals surface area contributed by atoms with E-state index in [1.807, 2.05) is 13.0 Å². The number of fused-ring (bicyclic) bond motifs is 1. The summed E-state index contributed by atoms with van der Waals surface area (Å²) in [4.78, 5) is 33.5. The molecule has 4 rings (SSSR count). The fraction of sp³-hybridized carbons (Fsp3) is 0.538. The Balaban J connectivity index is 1.16. The van der Waals surface area contributed by atoms with Crippen molar-refractivity contribution < 1.29 is 19.4 Å². The number of ether oxygens (including phenoxy) is 1. The highest BCUT2D eigenvalue weighted by Gasteiger charge is 2.52. The van der Waals surface area contributed by atoms with Gasteiger partial charge in [0.1, 0.15) is 11.9 Å². The van der Waals surface area contributed by atoms with Gasteiger partial charge in [-0.2, -0.15) is 0 Å². The highest BCUT2D eigenvalue weighted by Crippen LogP contribution is 2.49. The third kappa shape index (κ3) is 5.73. The maximum Gasteiger partial charge on any atom is 0.326 e. The summed E-state index contributed by atoms with van der Waals surface area (Å²) < 4.78 is 5.67. The van der Waals surface area contributed by atoms with Gasteiger partial charge in [-0.3, -0.25) is 9.78 Å². The first-order chi connectivity index (χ1) is 16.5. The molecule has 0 spiro atoms. The van der Waals surface area contributed by atoms with E-state index in [2.05, 4.69) is 27.8 Å². The third-order valence-electron chi connectivity index (χ3n) is 6.82. The molecule has 8 heteroatoms. The number of amides is 1. The molecule has 3 N–H and O–H groups in total. The van der Waals surface area contributed by atoms with Crippen molar-refractivity contribution in [3.63, 3.8) is 0 Å². The number of carbonyl (C=O) groups is 2. The Morgan fingerprint density at radius 2 is 2.09 bits per heavy atom. The average Bonchev–Trinajstić information content (AvgIpc) is 3.64. The molecule has 1 fully saturated rings. The Morgan fingerprint density at radius 1 is 1.24 bits per heavy atom. The van der Waals surface area contributed by atoms with Crippen LogP contribution in [-0.4, -0.2) is 52.8 Å². The fourth-order valence-corrected chi connectivity index (χ4v) is 4.58. The summed E-state index contributed by atoms with van der Waals surface area (Å²) in [5, 5.41) is 15.7. The van der Waals surface area contributed by atoms with E-state index in [-0.39, 0.29) is 18.9 Å². The lowest BCUT2D eigenvalue weighted by atomic mass is 9.92. The lowest BCUT2D eigenvalue weighted by molar-refractivity contribution is -0.142. The molecule has 1 aliphatic carbocycles. The number of hydrogen-bond acceptors (Lipinski definition) is 6. The number of nitrogens with one attached hydrogen (secondary N) is 2. The minimum Gasteiger partial charge on any atom is -0.480 e. The molecule has 2 aromatic rings. The number of aryl methyl sites for hydroxylation is 3. The van der Waals surface area contributed by atoms with Crippen molar-refractivity contribution in [3.05, 3.63) is 53.0 Å². The maximum absolute atomic E-state index is 12.9. The maximum atomic E-state index is 12.9.